The Bertz CT molecular complexity index is 1110. The molecule has 57 heavy (non-hydrogen) atoms. The Hall–Kier alpha value is -2.10. The van der Waals surface area contributed by atoms with Gasteiger partial charge in [0, 0.05) is 13.0 Å². The zero-order chi connectivity index (χ0) is 41.8. The van der Waals surface area contributed by atoms with Gasteiger partial charge in [-0.2, -0.15) is 0 Å². The van der Waals surface area contributed by atoms with Crippen molar-refractivity contribution in [2.45, 2.75) is 187 Å². The minimum atomic E-state index is -4.53. The summed E-state index contributed by atoms with van der Waals surface area (Å²) in [6.45, 7) is 3.31. The highest BCUT2D eigenvalue weighted by atomic mass is 31.2. The number of hydrogen-bond donors (Lipinski definition) is 3. The summed E-state index contributed by atoms with van der Waals surface area (Å²) in [5, 5.41) is 18.4. The van der Waals surface area contributed by atoms with Gasteiger partial charge < -0.3 is 24.6 Å². The average Bonchev–Trinajstić information content (AvgIpc) is 3.20. The zero-order valence-electron chi connectivity index (χ0n) is 36.0. The van der Waals surface area contributed by atoms with Crippen molar-refractivity contribution in [1.82, 2.24) is 0 Å². The Kier molecular flexibility index (Phi) is 41.9. The minimum absolute atomic E-state index is 0.0247. The molecule has 0 aromatic heterocycles. The molecule has 3 unspecified atom stereocenters. The second kappa shape index (κ2) is 43.5. The van der Waals surface area contributed by atoms with Gasteiger partial charge in [0.15, 0.2) is 0 Å². The van der Waals surface area contributed by atoms with Crippen LogP contribution >= 0.6 is 7.82 Å². The van der Waals surface area contributed by atoms with Gasteiger partial charge in [-0.15, -0.1) is 0 Å². The fourth-order valence-electron chi connectivity index (χ4n) is 5.77. The highest BCUT2D eigenvalue weighted by Gasteiger charge is 2.26. The molecule has 330 valence electrons. The van der Waals surface area contributed by atoms with Gasteiger partial charge in [-0.25, -0.2) is 4.57 Å². The first-order valence-electron chi connectivity index (χ1n) is 22.4. The molecule has 0 saturated carbocycles. The minimum Gasteiger partial charge on any atom is -0.457 e. The third-order valence-electron chi connectivity index (χ3n) is 9.16. The first-order valence-corrected chi connectivity index (χ1v) is 23.9. The largest absolute Gasteiger partial charge is 0.472 e. The number of esters is 1. The summed E-state index contributed by atoms with van der Waals surface area (Å²) in [4.78, 5) is 22.6. The molecule has 0 aliphatic heterocycles. The molecule has 0 amide bonds. The number of allylic oxidation sites excluding steroid dienone is 12. The molecule has 3 N–H and O–H groups in total. The topological polar surface area (TPSA) is 132 Å². The van der Waals surface area contributed by atoms with E-state index in [2.05, 4.69) is 86.8 Å². The maximum Gasteiger partial charge on any atom is 0.472 e. The summed E-state index contributed by atoms with van der Waals surface area (Å²) >= 11 is 0. The molecule has 9 nitrogen and oxygen atoms in total. The van der Waals surface area contributed by atoms with Crippen molar-refractivity contribution in [2.75, 3.05) is 33.0 Å². The van der Waals surface area contributed by atoms with E-state index in [1.807, 2.05) is 0 Å². The predicted molar refractivity (Wildman–Crippen MR) is 237 cm³/mol. The molecule has 0 rings (SSSR count). The van der Waals surface area contributed by atoms with Crippen LogP contribution in [0.4, 0.5) is 0 Å². The molecule has 0 radical (unpaired) electrons. The Balaban J connectivity index is 4.23. The standard InChI is InChI=1S/C47H83O9P/c1-3-5-7-9-11-13-15-17-19-20-21-22-23-24-25-26-28-30-32-34-36-38-40-53-43-46(44-55-57(51,52)54-42-45(49)41-48)56-47(50)39-37-35-33-31-29-27-18-16-14-12-10-8-6-4-2/h5,7,11,13,17,19,21-22,24-25,28,30,45-46,48-49H,3-4,6,8-10,12,14-16,18,20,23,26-27,29,31-44H2,1-2H3,(H,51,52)/b7-5-,13-11-,19-17-,22-21-,25-24-,30-28-. The van der Waals surface area contributed by atoms with E-state index in [1.54, 1.807) is 0 Å². The van der Waals surface area contributed by atoms with Crippen LogP contribution in [0.3, 0.4) is 0 Å². The summed E-state index contributed by atoms with van der Waals surface area (Å²) < 4.78 is 33.3. The third kappa shape index (κ3) is 43.3. The van der Waals surface area contributed by atoms with Crippen LogP contribution in [0, 0.1) is 0 Å². The number of aliphatic hydroxyl groups is 2. The van der Waals surface area contributed by atoms with Gasteiger partial charge in [-0.05, 0) is 64.2 Å². The van der Waals surface area contributed by atoms with Crippen LogP contribution in [0.1, 0.15) is 174 Å². The number of rotatable bonds is 42. The van der Waals surface area contributed by atoms with Crippen LogP contribution in [0.15, 0.2) is 72.9 Å². The summed E-state index contributed by atoms with van der Waals surface area (Å²) in [6.07, 6.45) is 51.5. The van der Waals surface area contributed by atoms with Crippen molar-refractivity contribution in [1.29, 1.82) is 0 Å². The molecule has 0 aromatic carbocycles. The van der Waals surface area contributed by atoms with E-state index in [0.717, 1.165) is 83.5 Å². The first kappa shape index (κ1) is 54.9. The molecule has 0 bridgehead atoms. The molecular formula is C47H83O9P. The Morgan fingerprint density at radius 2 is 1.00 bits per heavy atom. The lowest BCUT2D eigenvalue weighted by Crippen LogP contribution is -2.29. The second-order valence-corrected chi connectivity index (χ2v) is 16.1. The summed E-state index contributed by atoms with van der Waals surface area (Å²) in [5.41, 5.74) is 0. The number of phosphoric acid groups is 1. The lowest BCUT2D eigenvalue weighted by atomic mass is 10.0. The van der Waals surface area contributed by atoms with Crippen LogP contribution < -0.4 is 0 Å². The average molecular weight is 823 g/mol. The number of phosphoric ester groups is 1. The maximum atomic E-state index is 12.6. The van der Waals surface area contributed by atoms with Crippen LogP contribution in [-0.2, 0) is 27.9 Å². The van der Waals surface area contributed by atoms with E-state index >= 15 is 0 Å². The van der Waals surface area contributed by atoms with Crippen LogP contribution in [0.5, 0.6) is 0 Å². The van der Waals surface area contributed by atoms with Crippen molar-refractivity contribution in [3.8, 4) is 0 Å². The quantitative estimate of drug-likeness (QED) is 0.0238. The Morgan fingerprint density at radius 1 is 0.561 bits per heavy atom. The maximum absolute atomic E-state index is 12.6. The van der Waals surface area contributed by atoms with Gasteiger partial charge in [0.2, 0.25) is 0 Å². The van der Waals surface area contributed by atoms with Crippen LogP contribution in [0.25, 0.3) is 0 Å². The Morgan fingerprint density at radius 3 is 1.49 bits per heavy atom. The monoisotopic (exact) mass is 823 g/mol. The molecule has 0 fully saturated rings. The van der Waals surface area contributed by atoms with Gasteiger partial charge >= 0.3 is 13.8 Å². The fraction of sp³-hybridized carbons (Fsp3) is 0.723. The number of carbonyl (C=O) groups is 1. The van der Waals surface area contributed by atoms with Gasteiger partial charge in [0.1, 0.15) is 12.2 Å². The number of carbonyl (C=O) groups excluding carboxylic acids is 1. The molecular weight excluding hydrogens is 739 g/mol. The van der Waals surface area contributed by atoms with Gasteiger partial charge in [0.05, 0.1) is 26.4 Å². The van der Waals surface area contributed by atoms with Crippen molar-refractivity contribution in [2.24, 2.45) is 0 Å². The van der Waals surface area contributed by atoms with Crippen LogP contribution in [-0.4, -0.2) is 66.3 Å². The van der Waals surface area contributed by atoms with E-state index in [9.17, 15) is 19.4 Å². The Labute approximate surface area is 348 Å². The summed E-state index contributed by atoms with van der Waals surface area (Å²) in [6, 6.07) is 0. The molecule has 0 heterocycles. The smallest absolute Gasteiger partial charge is 0.457 e. The van der Waals surface area contributed by atoms with E-state index in [1.165, 1.54) is 70.6 Å². The van der Waals surface area contributed by atoms with Crippen molar-refractivity contribution < 1.29 is 43.0 Å². The van der Waals surface area contributed by atoms with E-state index in [4.69, 9.17) is 23.6 Å². The molecule has 0 aliphatic carbocycles. The molecule has 3 atom stereocenters. The van der Waals surface area contributed by atoms with Gasteiger partial charge in [-0.3, -0.25) is 13.8 Å². The van der Waals surface area contributed by atoms with Gasteiger partial charge in [-0.1, -0.05) is 177 Å². The highest BCUT2D eigenvalue weighted by Crippen LogP contribution is 2.43. The predicted octanol–water partition coefficient (Wildman–Crippen LogP) is 12.5. The molecule has 0 aliphatic rings. The molecule has 10 heteroatoms. The number of ether oxygens (including phenoxy) is 2. The SMILES string of the molecule is CC/C=C\C/C=C\C/C=C\C/C=C\C/C=C\C/C=C\CCCCCOCC(COP(=O)(O)OCC(O)CO)OC(=O)CCCCCCCCCCCCCCCC. The van der Waals surface area contributed by atoms with Crippen molar-refractivity contribution >= 4 is 13.8 Å². The fourth-order valence-corrected chi connectivity index (χ4v) is 6.56. The second-order valence-electron chi connectivity index (χ2n) is 14.7. The summed E-state index contributed by atoms with van der Waals surface area (Å²) in [5.74, 6) is -0.396. The van der Waals surface area contributed by atoms with E-state index in [0.29, 0.717) is 6.61 Å². The lowest BCUT2D eigenvalue weighted by molar-refractivity contribution is -0.154. The third-order valence-corrected chi connectivity index (χ3v) is 10.1. The number of aliphatic hydroxyl groups excluding tert-OH is 2. The van der Waals surface area contributed by atoms with Crippen molar-refractivity contribution in [3.63, 3.8) is 0 Å². The molecule has 0 spiro atoms. The van der Waals surface area contributed by atoms with Crippen molar-refractivity contribution in [3.05, 3.63) is 72.9 Å². The number of unbranched alkanes of at least 4 members (excludes halogenated alkanes) is 16. The van der Waals surface area contributed by atoms with E-state index in [-0.39, 0.29) is 13.0 Å². The van der Waals surface area contributed by atoms with E-state index < -0.39 is 45.8 Å². The molecule has 0 aromatic rings. The normalized spacial score (nSPS) is 14.7. The first-order chi connectivity index (χ1) is 27.8. The number of hydrogen-bond acceptors (Lipinski definition) is 8. The lowest BCUT2D eigenvalue weighted by Gasteiger charge is -2.20. The summed E-state index contributed by atoms with van der Waals surface area (Å²) in [7, 11) is -4.53. The zero-order valence-corrected chi connectivity index (χ0v) is 36.9. The molecule has 0 saturated heterocycles. The highest BCUT2D eigenvalue weighted by molar-refractivity contribution is 7.47. The van der Waals surface area contributed by atoms with Crippen LogP contribution in [0.2, 0.25) is 0 Å². The van der Waals surface area contributed by atoms with Gasteiger partial charge in [0.25, 0.3) is 0 Å².